The summed E-state index contributed by atoms with van der Waals surface area (Å²) in [5.74, 6) is -0.214. The number of imidazole rings is 1. The Labute approximate surface area is 128 Å². The first-order valence-electron chi connectivity index (χ1n) is 7.12. The highest BCUT2D eigenvalue weighted by atomic mass is 16.5. The first-order valence-corrected chi connectivity index (χ1v) is 7.12. The summed E-state index contributed by atoms with van der Waals surface area (Å²) in [5, 5.41) is 2.74. The second-order valence-electron chi connectivity index (χ2n) is 4.87. The number of hydrogen-bond acceptors (Lipinski definition) is 4. The van der Waals surface area contributed by atoms with Gasteiger partial charge in [-0.05, 0) is 12.1 Å². The average Bonchev–Trinajstić information content (AvgIpc) is 2.76. The molecule has 0 aliphatic rings. The van der Waals surface area contributed by atoms with Gasteiger partial charge in [0.05, 0.1) is 30.9 Å². The maximum absolute atomic E-state index is 12.2. The summed E-state index contributed by atoms with van der Waals surface area (Å²) in [6.45, 7) is 1.84. The number of nitrogens with zero attached hydrogens (tertiary/aromatic N) is 2. The van der Waals surface area contributed by atoms with Gasteiger partial charge in [0.25, 0.3) is 0 Å². The molecule has 0 aliphatic carbocycles. The molecule has 0 spiro atoms. The number of nitrogens with one attached hydrogen (secondary N) is 1. The van der Waals surface area contributed by atoms with Crippen LogP contribution >= 0.6 is 0 Å². The molecule has 0 fully saturated rings. The van der Waals surface area contributed by atoms with Gasteiger partial charge in [0, 0.05) is 20.7 Å². The van der Waals surface area contributed by atoms with Crippen LogP contribution in [0.3, 0.4) is 0 Å². The van der Waals surface area contributed by atoms with Crippen molar-refractivity contribution in [3.8, 4) is 0 Å². The molecule has 0 unspecified atom stereocenters. The summed E-state index contributed by atoms with van der Waals surface area (Å²) < 4.78 is 13.1. The van der Waals surface area contributed by atoms with E-state index in [0.29, 0.717) is 26.4 Å². The third kappa shape index (κ3) is 3.75. The number of aryl methyl sites for hydroxylation is 1. The Balaban J connectivity index is 1.92. The lowest BCUT2D eigenvalue weighted by Gasteiger charge is -2.07. The minimum atomic E-state index is -0.214. The van der Waals surface area contributed by atoms with Gasteiger partial charge in [-0.3, -0.25) is 13.9 Å². The number of carbonyl (C=O) groups excluding carboxylic acids is 1. The molecule has 0 saturated heterocycles. The summed E-state index contributed by atoms with van der Waals surface area (Å²) in [4.78, 5) is 24.1. The quantitative estimate of drug-likeness (QED) is 0.703. The van der Waals surface area contributed by atoms with Crippen LogP contribution in [-0.4, -0.2) is 48.5 Å². The van der Waals surface area contributed by atoms with Crippen LogP contribution in [0, 0.1) is 0 Å². The van der Waals surface area contributed by atoms with Crippen LogP contribution in [-0.2, 0) is 27.9 Å². The Hall–Kier alpha value is -2.12. The zero-order chi connectivity index (χ0) is 15.9. The van der Waals surface area contributed by atoms with E-state index < -0.39 is 0 Å². The van der Waals surface area contributed by atoms with Gasteiger partial charge in [0.2, 0.25) is 5.91 Å². The Morgan fingerprint density at radius 2 is 1.91 bits per heavy atom. The number of carbonyl (C=O) groups is 1. The molecule has 1 amide bonds. The molecule has 7 heteroatoms. The molecular formula is C15H21N3O4. The van der Waals surface area contributed by atoms with Crippen molar-refractivity contribution < 1.29 is 14.3 Å². The monoisotopic (exact) mass is 307 g/mol. The van der Waals surface area contributed by atoms with E-state index >= 15 is 0 Å². The van der Waals surface area contributed by atoms with Crippen LogP contribution in [0.5, 0.6) is 0 Å². The zero-order valence-electron chi connectivity index (χ0n) is 12.9. The van der Waals surface area contributed by atoms with Crippen molar-refractivity contribution in [2.24, 2.45) is 7.05 Å². The van der Waals surface area contributed by atoms with Gasteiger partial charge in [0.1, 0.15) is 6.54 Å². The van der Waals surface area contributed by atoms with Crippen molar-refractivity contribution in [2.45, 2.75) is 6.54 Å². The third-order valence-corrected chi connectivity index (χ3v) is 3.35. The fourth-order valence-electron chi connectivity index (χ4n) is 2.22. The number of methoxy groups -OCH3 is 1. The summed E-state index contributed by atoms with van der Waals surface area (Å²) in [5.41, 5.74) is 1.36. The maximum Gasteiger partial charge on any atom is 0.329 e. The molecule has 1 N–H and O–H groups in total. The van der Waals surface area contributed by atoms with E-state index in [-0.39, 0.29) is 18.1 Å². The lowest BCUT2D eigenvalue weighted by molar-refractivity contribution is -0.121. The summed E-state index contributed by atoms with van der Waals surface area (Å²) >= 11 is 0. The van der Waals surface area contributed by atoms with E-state index in [4.69, 9.17) is 9.47 Å². The largest absolute Gasteiger partial charge is 0.382 e. The van der Waals surface area contributed by atoms with Gasteiger partial charge < -0.3 is 14.8 Å². The van der Waals surface area contributed by atoms with Gasteiger partial charge in [-0.25, -0.2) is 4.79 Å². The standard InChI is InChI=1S/C15H21N3O4/c1-17-12-5-3-4-6-13(12)18(15(17)20)11-14(19)16-7-8-22-10-9-21-2/h3-6H,7-11H2,1-2H3,(H,16,19). The highest BCUT2D eigenvalue weighted by molar-refractivity contribution is 5.80. The molecule has 0 bridgehead atoms. The van der Waals surface area contributed by atoms with Crippen LogP contribution in [0.2, 0.25) is 0 Å². The molecule has 0 atom stereocenters. The van der Waals surface area contributed by atoms with E-state index in [0.717, 1.165) is 11.0 Å². The molecule has 7 nitrogen and oxygen atoms in total. The summed E-state index contributed by atoms with van der Waals surface area (Å²) in [7, 11) is 3.30. The van der Waals surface area contributed by atoms with Crippen LogP contribution in [0.4, 0.5) is 0 Å². The lowest BCUT2D eigenvalue weighted by atomic mass is 10.3. The van der Waals surface area contributed by atoms with Crippen LogP contribution in [0.25, 0.3) is 11.0 Å². The van der Waals surface area contributed by atoms with Gasteiger partial charge in [-0.2, -0.15) is 0 Å². The van der Waals surface area contributed by atoms with E-state index in [9.17, 15) is 9.59 Å². The molecule has 1 aromatic heterocycles. The SMILES string of the molecule is COCCOCCNC(=O)Cn1c(=O)n(C)c2ccccc21. The maximum atomic E-state index is 12.2. The topological polar surface area (TPSA) is 74.5 Å². The Morgan fingerprint density at radius 1 is 1.18 bits per heavy atom. The van der Waals surface area contributed by atoms with Crippen LogP contribution in [0.1, 0.15) is 0 Å². The minimum absolute atomic E-state index is 0.00173. The van der Waals surface area contributed by atoms with E-state index in [2.05, 4.69) is 5.32 Å². The fraction of sp³-hybridized carbons (Fsp3) is 0.467. The first kappa shape index (κ1) is 16.3. The molecule has 22 heavy (non-hydrogen) atoms. The molecular weight excluding hydrogens is 286 g/mol. The van der Waals surface area contributed by atoms with Crippen LogP contribution in [0.15, 0.2) is 29.1 Å². The van der Waals surface area contributed by atoms with E-state index in [1.807, 2.05) is 24.3 Å². The number of amides is 1. The van der Waals surface area contributed by atoms with Gasteiger partial charge in [-0.1, -0.05) is 12.1 Å². The second kappa shape index (κ2) is 7.77. The average molecular weight is 307 g/mol. The first-order chi connectivity index (χ1) is 10.6. The van der Waals surface area contributed by atoms with Crippen molar-refractivity contribution in [3.63, 3.8) is 0 Å². The van der Waals surface area contributed by atoms with E-state index in [1.165, 1.54) is 9.13 Å². The number of para-hydroxylation sites is 2. The third-order valence-electron chi connectivity index (χ3n) is 3.35. The number of hydrogen-bond donors (Lipinski definition) is 1. The minimum Gasteiger partial charge on any atom is -0.382 e. The van der Waals surface area contributed by atoms with Crippen molar-refractivity contribution in [1.82, 2.24) is 14.5 Å². The van der Waals surface area contributed by atoms with Gasteiger partial charge >= 0.3 is 5.69 Å². The molecule has 2 aromatic rings. The smallest absolute Gasteiger partial charge is 0.329 e. The Bertz CT molecular complexity index is 690. The molecule has 0 aliphatic heterocycles. The number of benzene rings is 1. The second-order valence-corrected chi connectivity index (χ2v) is 4.87. The number of ether oxygens (including phenoxy) is 2. The van der Waals surface area contributed by atoms with Crippen molar-refractivity contribution in [1.29, 1.82) is 0 Å². The van der Waals surface area contributed by atoms with Gasteiger partial charge in [0.15, 0.2) is 0 Å². The highest BCUT2D eigenvalue weighted by Gasteiger charge is 2.12. The lowest BCUT2D eigenvalue weighted by Crippen LogP contribution is -2.34. The van der Waals surface area contributed by atoms with Gasteiger partial charge in [-0.15, -0.1) is 0 Å². The highest BCUT2D eigenvalue weighted by Crippen LogP contribution is 2.10. The molecule has 0 radical (unpaired) electrons. The predicted octanol–water partition coefficient (Wildman–Crippen LogP) is 0.119. The van der Waals surface area contributed by atoms with Crippen molar-refractivity contribution >= 4 is 16.9 Å². The number of rotatable bonds is 8. The zero-order valence-corrected chi connectivity index (χ0v) is 12.9. The normalized spacial score (nSPS) is 11.0. The Morgan fingerprint density at radius 3 is 2.64 bits per heavy atom. The summed E-state index contributed by atoms with van der Waals surface area (Å²) in [6.07, 6.45) is 0. The van der Waals surface area contributed by atoms with E-state index in [1.54, 1.807) is 14.2 Å². The van der Waals surface area contributed by atoms with Crippen molar-refractivity contribution in [2.75, 3.05) is 33.5 Å². The number of aromatic nitrogens is 2. The molecule has 1 heterocycles. The summed E-state index contributed by atoms with van der Waals surface area (Å²) in [6, 6.07) is 7.40. The van der Waals surface area contributed by atoms with Crippen LogP contribution < -0.4 is 11.0 Å². The molecule has 0 saturated carbocycles. The molecule has 1 aromatic carbocycles. The number of fused-ring (bicyclic) bond motifs is 1. The van der Waals surface area contributed by atoms with Crippen molar-refractivity contribution in [3.05, 3.63) is 34.7 Å². The Kier molecular flexibility index (Phi) is 5.74. The fourth-order valence-corrected chi connectivity index (χ4v) is 2.22. The molecule has 2 rings (SSSR count). The molecule has 120 valence electrons. The predicted molar refractivity (Wildman–Crippen MR) is 82.9 cm³/mol.